The summed E-state index contributed by atoms with van der Waals surface area (Å²) in [6.07, 6.45) is -0.330. The molecule has 5 N–H and O–H groups in total. The summed E-state index contributed by atoms with van der Waals surface area (Å²) in [4.78, 5) is 68.4. The number of amides is 2. The van der Waals surface area contributed by atoms with E-state index in [-0.39, 0.29) is 23.7 Å². The Kier molecular flexibility index (Phi) is 10.0. The van der Waals surface area contributed by atoms with Gasteiger partial charge in [0.2, 0.25) is 11.8 Å². The van der Waals surface area contributed by atoms with Gasteiger partial charge in [-0.1, -0.05) is 0 Å². The molecular weight excluding hydrogens is 619 g/mol. The van der Waals surface area contributed by atoms with Gasteiger partial charge in [-0.15, -0.1) is 34.0 Å². The molecular formula is C26H31N7O7S3. The number of thiazole rings is 3. The molecule has 5 atom stereocenters. The van der Waals surface area contributed by atoms with E-state index in [2.05, 4.69) is 20.6 Å². The van der Waals surface area contributed by atoms with Gasteiger partial charge >= 0.3 is 11.9 Å². The van der Waals surface area contributed by atoms with E-state index in [0.717, 1.165) is 11.3 Å². The molecule has 3 aromatic heterocycles. The van der Waals surface area contributed by atoms with Crippen LogP contribution in [0.3, 0.4) is 0 Å². The van der Waals surface area contributed by atoms with E-state index in [9.17, 15) is 24.3 Å². The highest BCUT2D eigenvalue weighted by Gasteiger charge is 2.50. The van der Waals surface area contributed by atoms with Crippen molar-refractivity contribution >= 4 is 63.5 Å². The van der Waals surface area contributed by atoms with Gasteiger partial charge in [-0.3, -0.25) is 14.6 Å². The Morgan fingerprint density at radius 3 is 2.30 bits per heavy atom. The van der Waals surface area contributed by atoms with Crippen LogP contribution in [0.2, 0.25) is 0 Å². The normalized spacial score (nSPS) is 20.3. The zero-order valence-electron chi connectivity index (χ0n) is 23.9. The average Bonchev–Trinajstić information content (AvgIpc) is 3.77. The Morgan fingerprint density at radius 1 is 1.02 bits per heavy atom. The van der Waals surface area contributed by atoms with Crippen LogP contribution < -0.4 is 16.4 Å². The van der Waals surface area contributed by atoms with Gasteiger partial charge in [0, 0.05) is 23.1 Å². The minimum Gasteiger partial charge on any atom is -0.464 e. The Balaban J connectivity index is 1.89. The van der Waals surface area contributed by atoms with Gasteiger partial charge in [0.05, 0.1) is 37.8 Å². The van der Waals surface area contributed by atoms with Crippen molar-refractivity contribution in [3.8, 4) is 0 Å². The predicted molar refractivity (Wildman–Crippen MR) is 159 cm³/mol. The second-order valence-electron chi connectivity index (χ2n) is 9.80. The molecule has 2 amide bonds. The highest BCUT2D eigenvalue weighted by atomic mass is 32.1. The van der Waals surface area contributed by atoms with Gasteiger partial charge in [-0.05, 0) is 26.7 Å². The van der Waals surface area contributed by atoms with Gasteiger partial charge in [-0.25, -0.2) is 24.5 Å². The minimum absolute atomic E-state index is 0.0531. The molecule has 4 heterocycles. The maximum Gasteiger partial charge on any atom is 0.357 e. The topological polar surface area (TPSA) is 208 Å². The van der Waals surface area contributed by atoms with E-state index >= 15 is 0 Å². The average molecular weight is 650 g/mol. The van der Waals surface area contributed by atoms with Crippen LogP contribution in [-0.4, -0.2) is 75.9 Å². The molecule has 4 rings (SSSR count). The third-order valence-electron chi connectivity index (χ3n) is 6.72. The van der Waals surface area contributed by atoms with Gasteiger partial charge in [0.25, 0.3) is 0 Å². The third kappa shape index (κ3) is 6.80. The molecule has 1 aliphatic heterocycles. The Hall–Kier alpha value is -3.64. The fourth-order valence-electron chi connectivity index (χ4n) is 4.44. The van der Waals surface area contributed by atoms with Crippen LogP contribution in [0.5, 0.6) is 0 Å². The number of carbonyl (C=O) groups excluding carboxylic acids is 4. The highest BCUT2D eigenvalue weighted by Crippen LogP contribution is 2.47. The van der Waals surface area contributed by atoms with Gasteiger partial charge < -0.3 is 30.9 Å². The quantitative estimate of drug-likeness (QED) is 0.233. The van der Waals surface area contributed by atoms with E-state index in [1.165, 1.54) is 49.2 Å². The number of aliphatic hydroxyl groups is 1. The first-order valence-electron chi connectivity index (χ1n) is 13.0. The molecule has 1 aliphatic rings. The van der Waals surface area contributed by atoms with Crippen LogP contribution in [0.15, 0.2) is 21.1 Å². The van der Waals surface area contributed by atoms with Crippen LogP contribution in [0.1, 0.15) is 87.4 Å². The molecule has 43 heavy (non-hydrogen) atoms. The first-order valence-corrected chi connectivity index (χ1v) is 15.7. The van der Waals surface area contributed by atoms with Crippen molar-refractivity contribution in [2.45, 2.75) is 63.4 Å². The molecule has 0 saturated carbocycles. The summed E-state index contributed by atoms with van der Waals surface area (Å²) in [5, 5.41) is 21.9. The summed E-state index contributed by atoms with van der Waals surface area (Å²) in [7, 11) is 2.51. The number of carbonyl (C=O) groups is 4. The smallest absolute Gasteiger partial charge is 0.357 e. The number of hydrogen-bond donors (Lipinski definition) is 4. The standard InChI is InChI=1S/C26H31N7O7S3/c1-11(28-13(3)35)20(36)33-26(25-32-17(10-43-25)24(38)40-5)7-6-14(21-31-16(9-41-21)23(37)39-4)29-19(26)15-8-42-22(30-15)18(27)12(2)34/h8-12,18-19,34H,6-7,27H2,1-5H3,(H,28,35)(H,33,36)/t11-,12+,18-,19+,26+/m0/s1. The Bertz CT molecular complexity index is 1550. The molecule has 230 valence electrons. The molecule has 0 unspecified atom stereocenters. The lowest BCUT2D eigenvalue weighted by Crippen LogP contribution is -2.56. The van der Waals surface area contributed by atoms with E-state index in [0.29, 0.717) is 32.8 Å². The van der Waals surface area contributed by atoms with Crippen molar-refractivity contribution < 1.29 is 33.8 Å². The first kappa shape index (κ1) is 32.3. The number of aliphatic imine (C=N–C) groups is 1. The lowest BCUT2D eigenvalue weighted by atomic mass is 9.80. The van der Waals surface area contributed by atoms with E-state index in [1.54, 1.807) is 24.6 Å². The second-order valence-corrected chi connectivity index (χ2v) is 12.4. The monoisotopic (exact) mass is 649 g/mol. The molecule has 17 heteroatoms. The summed E-state index contributed by atoms with van der Waals surface area (Å²) >= 11 is 3.60. The summed E-state index contributed by atoms with van der Waals surface area (Å²) in [5.74, 6) is -2.13. The Morgan fingerprint density at radius 2 is 1.67 bits per heavy atom. The number of nitrogens with zero attached hydrogens (tertiary/aromatic N) is 4. The number of aliphatic hydroxyl groups excluding tert-OH is 1. The molecule has 0 radical (unpaired) electrons. The number of hydrogen-bond acceptors (Lipinski definition) is 15. The highest BCUT2D eigenvalue weighted by molar-refractivity contribution is 7.12. The number of rotatable bonds is 10. The zero-order valence-corrected chi connectivity index (χ0v) is 26.4. The number of nitrogens with one attached hydrogen (secondary N) is 2. The summed E-state index contributed by atoms with van der Waals surface area (Å²) in [5.41, 5.74) is 6.03. The van der Waals surface area contributed by atoms with Crippen LogP contribution in [0.25, 0.3) is 0 Å². The SMILES string of the molecule is COC(=O)c1csc(C2=N[C@H](c3csc([C@@H](N)[C@@H](C)O)n3)[C@@](NC(=O)[C@H](C)NC(C)=O)(c3nc(C(=O)OC)cs3)CC2)n1. The maximum absolute atomic E-state index is 13.5. The van der Waals surface area contributed by atoms with Gasteiger partial charge in [0.1, 0.15) is 32.6 Å². The summed E-state index contributed by atoms with van der Waals surface area (Å²) in [6.45, 7) is 4.41. The fourth-order valence-corrected chi connectivity index (χ4v) is 7.19. The molecule has 0 saturated heterocycles. The molecule has 0 fully saturated rings. The van der Waals surface area contributed by atoms with Crippen LogP contribution in [-0.2, 0) is 24.6 Å². The molecule has 3 aromatic rings. The van der Waals surface area contributed by atoms with Crippen molar-refractivity contribution in [2.24, 2.45) is 10.7 Å². The Labute approximate surface area is 258 Å². The molecule has 14 nitrogen and oxygen atoms in total. The largest absolute Gasteiger partial charge is 0.464 e. The number of nitrogens with two attached hydrogens (primary N) is 1. The van der Waals surface area contributed by atoms with E-state index in [4.69, 9.17) is 25.2 Å². The second kappa shape index (κ2) is 13.3. The van der Waals surface area contributed by atoms with E-state index < -0.39 is 47.6 Å². The van der Waals surface area contributed by atoms with Crippen molar-refractivity contribution in [2.75, 3.05) is 14.2 Å². The fraction of sp³-hybridized carbons (Fsp3) is 0.462. The molecule has 0 aliphatic carbocycles. The van der Waals surface area contributed by atoms with Crippen LogP contribution in [0.4, 0.5) is 0 Å². The van der Waals surface area contributed by atoms with Crippen molar-refractivity contribution in [1.82, 2.24) is 25.6 Å². The zero-order chi connectivity index (χ0) is 31.5. The molecule has 0 spiro atoms. The van der Waals surface area contributed by atoms with E-state index in [1.807, 2.05) is 0 Å². The van der Waals surface area contributed by atoms with Crippen molar-refractivity contribution in [1.29, 1.82) is 0 Å². The predicted octanol–water partition coefficient (Wildman–Crippen LogP) is 1.87. The number of ether oxygens (including phenoxy) is 2. The first-order chi connectivity index (χ1) is 20.4. The number of methoxy groups -OCH3 is 2. The lowest BCUT2D eigenvalue weighted by molar-refractivity contribution is -0.129. The van der Waals surface area contributed by atoms with Crippen LogP contribution in [0, 0.1) is 0 Å². The number of aromatic nitrogens is 3. The van der Waals surface area contributed by atoms with Crippen molar-refractivity contribution in [3.05, 3.63) is 48.2 Å². The molecule has 0 bridgehead atoms. The lowest BCUT2D eigenvalue weighted by Gasteiger charge is -2.41. The van der Waals surface area contributed by atoms with Crippen molar-refractivity contribution in [3.63, 3.8) is 0 Å². The van der Waals surface area contributed by atoms with Gasteiger partial charge in [0.15, 0.2) is 11.4 Å². The van der Waals surface area contributed by atoms with Gasteiger partial charge in [-0.2, -0.15) is 0 Å². The summed E-state index contributed by atoms with van der Waals surface area (Å²) in [6, 6.07) is -2.57. The summed E-state index contributed by atoms with van der Waals surface area (Å²) < 4.78 is 9.64. The molecule has 0 aromatic carbocycles. The minimum atomic E-state index is -1.33. The third-order valence-corrected chi connectivity index (χ3v) is 9.59. The maximum atomic E-state index is 13.5. The number of esters is 2. The van der Waals surface area contributed by atoms with Crippen LogP contribution >= 0.6 is 34.0 Å².